The average molecular weight is 352 g/mol. The van der Waals surface area contributed by atoms with E-state index in [9.17, 15) is 9.59 Å². The number of fused-ring (bicyclic) bond motifs is 1. The van der Waals surface area contributed by atoms with Crippen molar-refractivity contribution < 1.29 is 14.7 Å². The number of nitrogens with one attached hydrogen (secondary N) is 1. The normalized spacial score (nSPS) is 12.1. The topological polar surface area (TPSA) is 96.6 Å². The van der Waals surface area contributed by atoms with Crippen molar-refractivity contribution in [2.24, 2.45) is 0 Å². The molecule has 0 radical (unpaired) electrons. The van der Waals surface area contributed by atoms with E-state index in [0.717, 1.165) is 11.3 Å². The van der Waals surface area contributed by atoms with Crippen LogP contribution >= 0.6 is 0 Å². The summed E-state index contributed by atoms with van der Waals surface area (Å²) < 4.78 is 1.64. The van der Waals surface area contributed by atoms with Gasteiger partial charge in [0.2, 0.25) is 0 Å². The summed E-state index contributed by atoms with van der Waals surface area (Å²) in [6.45, 7) is 3.68. The Morgan fingerprint density at radius 2 is 1.96 bits per heavy atom. The average Bonchev–Trinajstić information content (AvgIpc) is 3.00. The van der Waals surface area contributed by atoms with Crippen LogP contribution < -0.4 is 5.32 Å². The molecule has 0 aliphatic carbocycles. The summed E-state index contributed by atoms with van der Waals surface area (Å²) in [6, 6.07) is 10.8. The van der Waals surface area contributed by atoms with Gasteiger partial charge in [0.15, 0.2) is 5.65 Å². The number of hydrogen-bond acceptors (Lipinski definition) is 4. The molecule has 2 N–H and O–H groups in total. The van der Waals surface area contributed by atoms with Crippen LogP contribution in [0.25, 0.3) is 5.65 Å². The second-order valence-corrected chi connectivity index (χ2v) is 6.18. The SMILES string of the molecule is Cc1cc2ncc(C(=O)NC(CCC(=O)O)c3ccccc3)c(C)n2n1. The number of rotatable bonds is 6. The first-order chi connectivity index (χ1) is 12.5. The van der Waals surface area contributed by atoms with Gasteiger partial charge in [-0.05, 0) is 25.8 Å². The van der Waals surface area contributed by atoms with Gasteiger partial charge >= 0.3 is 5.97 Å². The summed E-state index contributed by atoms with van der Waals surface area (Å²) in [5, 5.41) is 16.3. The fraction of sp³-hybridized carbons (Fsp3) is 0.263. The molecule has 1 aromatic carbocycles. The highest BCUT2D eigenvalue weighted by molar-refractivity contribution is 5.95. The number of nitrogens with zero attached hydrogens (tertiary/aromatic N) is 3. The highest BCUT2D eigenvalue weighted by atomic mass is 16.4. The number of carbonyl (C=O) groups is 2. The molecule has 7 heteroatoms. The summed E-state index contributed by atoms with van der Waals surface area (Å²) in [5.74, 6) is -1.20. The Bertz CT molecular complexity index is 950. The Balaban J connectivity index is 1.87. The maximum atomic E-state index is 12.8. The summed E-state index contributed by atoms with van der Waals surface area (Å²) in [5.41, 5.74) is 3.47. The van der Waals surface area contributed by atoms with Crippen molar-refractivity contribution in [1.82, 2.24) is 19.9 Å². The summed E-state index contributed by atoms with van der Waals surface area (Å²) in [7, 11) is 0. The zero-order valence-corrected chi connectivity index (χ0v) is 14.6. The van der Waals surface area contributed by atoms with Gasteiger partial charge in [0.1, 0.15) is 0 Å². The van der Waals surface area contributed by atoms with E-state index < -0.39 is 12.0 Å². The van der Waals surface area contributed by atoms with Crippen LogP contribution in [0.1, 0.15) is 46.2 Å². The Labute approximate surface area is 150 Å². The van der Waals surface area contributed by atoms with Crippen LogP contribution in [-0.4, -0.2) is 31.6 Å². The molecule has 2 aromatic heterocycles. The first kappa shape index (κ1) is 17.6. The standard InChI is InChI=1S/C19H20N4O3/c1-12-10-17-20-11-15(13(2)23(17)22-12)19(26)21-16(8-9-18(24)25)14-6-4-3-5-7-14/h3-7,10-11,16H,8-9H2,1-2H3,(H,21,26)(H,24,25). The lowest BCUT2D eigenvalue weighted by atomic mass is 10.0. The molecule has 1 unspecified atom stereocenters. The summed E-state index contributed by atoms with van der Waals surface area (Å²) >= 11 is 0. The number of hydrogen-bond donors (Lipinski definition) is 2. The van der Waals surface area contributed by atoms with Gasteiger partial charge in [-0.25, -0.2) is 9.50 Å². The van der Waals surface area contributed by atoms with Crippen molar-refractivity contribution in [2.75, 3.05) is 0 Å². The van der Waals surface area contributed by atoms with Crippen LogP contribution in [-0.2, 0) is 4.79 Å². The summed E-state index contributed by atoms with van der Waals surface area (Å²) in [4.78, 5) is 28.0. The van der Waals surface area contributed by atoms with Gasteiger partial charge in [-0.15, -0.1) is 0 Å². The molecule has 3 aromatic rings. The maximum Gasteiger partial charge on any atom is 0.303 e. The van der Waals surface area contributed by atoms with E-state index in [0.29, 0.717) is 23.3 Å². The van der Waals surface area contributed by atoms with Crippen LogP contribution in [0.4, 0.5) is 0 Å². The number of aryl methyl sites for hydroxylation is 2. The van der Waals surface area contributed by atoms with Gasteiger partial charge in [0.05, 0.1) is 23.0 Å². The second-order valence-electron chi connectivity index (χ2n) is 6.18. The number of carboxylic acid groups (broad SMARTS) is 1. The van der Waals surface area contributed by atoms with Gasteiger partial charge in [0, 0.05) is 18.7 Å². The van der Waals surface area contributed by atoms with Crippen molar-refractivity contribution in [3.8, 4) is 0 Å². The maximum absolute atomic E-state index is 12.8. The third-order valence-electron chi connectivity index (χ3n) is 4.24. The molecule has 0 aliphatic heterocycles. The van der Waals surface area contributed by atoms with Gasteiger partial charge < -0.3 is 10.4 Å². The highest BCUT2D eigenvalue weighted by Crippen LogP contribution is 2.20. The number of aliphatic carboxylic acids is 1. The lowest BCUT2D eigenvalue weighted by Crippen LogP contribution is -2.30. The van der Waals surface area contributed by atoms with Crippen molar-refractivity contribution in [1.29, 1.82) is 0 Å². The van der Waals surface area contributed by atoms with Crippen LogP contribution in [0.5, 0.6) is 0 Å². The molecule has 0 fully saturated rings. The number of amides is 1. The van der Waals surface area contributed by atoms with E-state index in [4.69, 9.17) is 5.11 Å². The third-order valence-corrected chi connectivity index (χ3v) is 4.24. The predicted octanol–water partition coefficient (Wildman–Crippen LogP) is 2.68. The molecule has 2 heterocycles. The zero-order chi connectivity index (χ0) is 18.7. The Hall–Kier alpha value is -3.22. The molecule has 134 valence electrons. The quantitative estimate of drug-likeness (QED) is 0.711. The van der Waals surface area contributed by atoms with Crippen molar-refractivity contribution in [3.05, 3.63) is 65.1 Å². The largest absolute Gasteiger partial charge is 0.481 e. The highest BCUT2D eigenvalue weighted by Gasteiger charge is 2.20. The molecule has 0 spiro atoms. The van der Waals surface area contributed by atoms with E-state index in [1.54, 1.807) is 4.52 Å². The molecule has 7 nitrogen and oxygen atoms in total. The fourth-order valence-electron chi connectivity index (χ4n) is 2.90. The van der Waals surface area contributed by atoms with E-state index in [-0.39, 0.29) is 12.3 Å². The third kappa shape index (κ3) is 3.72. The molecule has 1 amide bonds. The summed E-state index contributed by atoms with van der Waals surface area (Å²) in [6.07, 6.45) is 1.80. The van der Waals surface area contributed by atoms with Gasteiger partial charge in [0.25, 0.3) is 5.91 Å². The number of benzene rings is 1. The molecular formula is C19H20N4O3. The zero-order valence-electron chi connectivity index (χ0n) is 14.6. The fourth-order valence-corrected chi connectivity index (χ4v) is 2.90. The molecule has 0 saturated heterocycles. The Kier molecular flexibility index (Phi) is 4.97. The molecular weight excluding hydrogens is 332 g/mol. The lowest BCUT2D eigenvalue weighted by molar-refractivity contribution is -0.137. The van der Waals surface area contributed by atoms with Crippen LogP contribution in [0.2, 0.25) is 0 Å². The number of aromatic nitrogens is 3. The van der Waals surface area contributed by atoms with Crippen molar-refractivity contribution in [3.63, 3.8) is 0 Å². The molecule has 0 aliphatic rings. The van der Waals surface area contributed by atoms with E-state index in [2.05, 4.69) is 15.4 Å². The van der Waals surface area contributed by atoms with Crippen molar-refractivity contribution >= 4 is 17.5 Å². The van der Waals surface area contributed by atoms with Crippen LogP contribution in [0.15, 0.2) is 42.6 Å². The Morgan fingerprint density at radius 1 is 1.23 bits per heavy atom. The molecule has 0 saturated carbocycles. The molecule has 3 rings (SSSR count). The number of carboxylic acids is 1. The minimum absolute atomic E-state index is 0.0333. The molecule has 1 atom stereocenters. The van der Waals surface area contributed by atoms with Gasteiger partial charge in [-0.3, -0.25) is 9.59 Å². The van der Waals surface area contributed by atoms with Gasteiger partial charge in [-0.1, -0.05) is 30.3 Å². The first-order valence-corrected chi connectivity index (χ1v) is 8.35. The van der Waals surface area contributed by atoms with Gasteiger partial charge in [-0.2, -0.15) is 5.10 Å². The monoisotopic (exact) mass is 352 g/mol. The van der Waals surface area contributed by atoms with E-state index in [1.807, 2.05) is 50.2 Å². The van der Waals surface area contributed by atoms with E-state index >= 15 is 0 Å². The predicted molar refractivity (Wildman–Crippen MR) is 96.0 cm³/mol. The first-order valence-electron chi connectivity index (χ1n) is 8.35. The smallest absolute Gasteiger partial charge is 0.303 e. The molecule has 26 heavy (non-hydrogen) atoms. The minimum Gasteiger partial charge on any atom is -0.481 e. The van der Waals surface area contributed by atoms with Crippen LogP contribution in [0.3, 0.4) is 0 Å². The van der Waals surface area contributed by atoms with Crippen LogP contribution in [0, 0.1) is 13.8 Å². The second kappa shape index (κ2) is 7.35. The lowest BCUT2D eigenvalue weighted by Gasteiger charge is -2.19. The number of carbonyl (C=O) groups excluding carboxylic acids is 1. The van der Waals surface area contributed by atoms with E-state index in [1.165, 1.54) is 6.20 Å². The minimum atomic E-state index is -0.897. The molecule has 0 bridgehead atoms. The van der Waals surface area contributed by atoms with Crippen molar-refractivity contribution in [2.45, 2.75) is 32.7 Å². The Morgan fingerprint density at radius 3 is 2.65 bits per heavy atom.